The summed E-state index contributed by atoms with van der Waals surface area (Å²) in [5.41, 5.74) is 7.64. The van der Waals surface area contributed by atoms with Crippen LogP contribution in [0, 0.1) is 0 Å². The second-order valence-electron chi connectivity index (χ2n) is 9.35. The molecule has 0 amide bonds. The number of allylic oxidation sites excluding steroid dienone is 2. The van der Waals surface area contributed by atoms with Gasteiger partial charge in [0.2, 0.25) is 0 Å². The second-order valence-corrected chi connectivity index (χ2v) is 9.35. The van der Waals surface area contributed by atoms with Gasteiger partial charge in [0, 0.05) is 6.54 Å². The van der Waals surface area contributed by atoms with Gasteiger partial charge in [-0.1, -0.05) is 115 Å². The van der Waals surface area contributed by atoms with Crippen molar-refractivity contribution in [1.29, 1.82) is 0 Å². The Morgan fingerprint density at radius 1 is 0.500 bits per heavy atom. The summed E-state index contributed by atoms with van der Waals surface area (Å²) in [7, 11) is 0. The van der Waals surface area contributed by atoms with Crippen LogP contribution in [-0.2, 0) is 0 Å². The van der Waals surface area contributed by atoms with Gasteiger partial charge in [-0.05, 0) is 84.1 Å². The van der Waals surface area contributed by atoms with Crippen LogP contribution in [0.4, 0.5) is 0 Å². The lowest BCUT2D eigenvalue weighted by Gasteiger charge is -2.19. The monoisotopic (exact) mass is 459 g/mol. The predicted octanol–water partition coefficient (Wildman–Crippen LogP) is 8.98. The topological polar surface area (TPSA) is 12.0 Å². The van der Waals surface area contributed by atoms with Crippen molar-refractivity contribution in [3.05, 3.63) is 139 Å². The van der Waals surface area contributed by atoms with Crippen molar-refractivity contribution in [2.75, 3.05) is 6.54 Å². The fourth-order valence-electron chi connectivity index (χ4n) is 5.70. The van der Waals surface area contributed by atoms with Crippen molar-refractivity contribution in [2.45, 2.75) is 0 Å². The summed E-state index contributed by atoms with van der Waals surface area (Å²) in [4.78, 5) is 0. The summed E-state index contributed by atoms with van der Waals surface area (Å²) in [6.45, 7) is 0.863. The SMILES string of the molecule is C1=CC(c2cccc(-c3c4ccccc4c(-c4cccc5ccccc45)c4ccccc34)c2)=CCN1. The number of benzene rings is 6. The van der Waals surface area contributed by atoms with E-state index in [4.69, 9.17) is 0 Å². The highest BCUT2D eigenvalue weighted by Crippen LogP contribution is 2.45. The molecule has 1 nitrogen and oxygen atoms in total. The van der Waals surface area contributed by atoms with Crippen LogP contribution >= 0.6 is 0 Å². The van der Waals surface area contributed by atoms with Gasteiger partial charge < -0.3 is 5.32 Å². The molecule has 0 saturated heterocycles. The maximum Gasteiger partial charge on any atom is 0.0334 e. The molecule has 0 saturated carbocycles. The molecular weight excluding hydrogens is 434 g/mol. The van der Waals surface area contributed by atoms with Gasteiger partial charge in [-0.25, -0.2) is 0 Å². The third kappa shape index (κ3) is 3.32. The third-order valence-corrected chi connectivity index (χ3v) is 7.30. The van der Waals surface area contributed by atoms with E-state index in [1.54, 1.807) is 0 Å². The molecular formula is C35H25N. The Morgan fingerprint density at radius 3 is 1.78 bits per heavy atom. The number of hydrogen-bond donors (Lipinski definition) is 1. The number of dihydropyridines is 1. The highest BCUT2D eigenvalue weighted by molar-refractivity contribution is 6.23. The van der Waals surface area contributed by atoms with Crippen molar-refractivity contribution < 1.29 is 0 Å². The molecule has 6 aromatic rings. The van der Waals surface area contributed by atoms with Crippen LogP contribution in [0.2, 0.25) is 0 Å². The summed E-state index contributed by atoms with van der Waals surface area (Å²) in [6, 6.07) is 42.1. The van der Waals surface area contributed by atoms with E-state index >= 15 is 0 Å². The van der Waals surface area contributed by atoms with Crippen molar-refractivity contribution in [3.8, 4) is 22.3 Å². The van der Waals surface area contributed by atoms with E-state index in [9.17, 15) is 0 Å². The van der Waals surface area contributed by atoms with Gasteiger partial charge in [0.15, 0.2) is 0 Å². The Morgan fingerprint density at radius 2 is 1.08 bits per heavy atom. The molecule has 1 aliphatic heterocycles. The number of nitrogens with one attached hydrogen (secondary N) is 1. The van der Waals surface area contributed by atoms with Gasteiger partial charge >= 0.3 is 0 Å². The van der Waals surface area contributed by atoms with Crippen LogP contribution in [0.5, 0.6) is 0 Å². The summed E-state index contributed by atoms with van der Waals surface area (Å²) in [5.74, 6) is 0. The van der Waals surface area contributed by atoms with Gasteiger partial charge in [-0.2, -0.15) is 0 Å². The maximum atomic E-state index is 3.26. The fraction of sp³-hybridized carbons (Fsp3) is 0.0286. The molecule has 0 fully saturated rings. The summed E-state index contributed by atoms with van der Waals surface area (Å²) >= 11 is 0. The first-order chi connectivity index (χ1) is 17.9. The van der Waals surface area contributed by atoms with E-state index in [0.717, 1.165) is 6.54 Å². The molecule has 0 unspecified atom stereocenters. The summed E-state index contributed by atoms with van der Waals surface area (Å²) in [6.07, 6.45) is 6.44. The molecule has 0 spiro atoms. The van der Waals surface area contributed by atoms with Crippen LogP contribution in [0.25, 0.3) is 60.1 Å². The molecule has 6 aromatic carbocycles. The van der Waals surface area contributed by atoms with Crippen LogP contribution < -0.4 is 5.32 Å². The van der Waals surface area contributed by atoms with Gasteiger partial charge in [0.1, 0.15) is 0 Å². The molecule has 0 aromatic heterocycles. The van der Waals surface area contributed by atoms with E-state index in [2.05, 4.69) is 133 Å². The number of fused-ring (bicyclic) bond motifs is 3. The highest BCUT2D eigenvalue weighted by atomic mass is 14.8. The predicted molar refractivity (Wildman–Crippen MR) is 155 cm³/mol. The Kier molecular flexibility index (Phi) is 4.92. The molecule has 0 bridgehead atoms. The Hall–Kier alpha value is -4.62. The maximum absolute atomic E-state index is 3.26. The average Bonchev–Trinajstić information content (AvgIpc) is 2.96. The van der Waals surface area contributed by atoms with Crippen LogP contribution in [0.15, 0.2) is 134 Å². The van der Waals surface area contributed by atoms with Crippen molar-refractivity contribution >= 4 is 37.9 Å². The minimum absolute atomic E-state index is 0.863. The van der Waals surface area contributed by atoms with E-state index in [0.29, 0.717) is 0 Å². The normalized spacial score (nSPS) is 13.2. The van der Waals surface area contributed by atoms with E-state index in [1.165, 1.54) is 65.7 Å². The van der Waals surface area contributed by atoms with Crippen LogP contribution in [0.3, 0.4) is 0 Å². The average molecular weight is 460 g/mol. The lowest BCUT2D eigenvalue weighted by molar-refractivity contribution is 0.976. The quantitative estimate of drug-likeness (QED) is 0.260. The van der Waals surface area contributed by atoms with Crippen molar-refractivity contribution in [2.24, 2.45) is 0 Å². The van der Waals surface area contributed by atoms with E-state index in [1.807, 2.05) is 6.20 Å². The lowest BCUT2D eigenvalue weighted by Crippen LogP contribution is -2.08. The molecule has 7 rings (SSSR count). The fourth-order valence-corrected chi connectivity index (χ4v) is 5.70. The van der Waals surface area contributed by atoms with Gasteiger partial charge in [0.05, 0.1) is 0 Å². The summed E-state index contributed by atoms with van der Waals surface area (Å²) in [5, 5.41) is 10.9. The first-order valence-corrected chi connectivity index (χ1v) is 12.5. The minimum Gasteiger partial charge on any atom is -0.387 e. The molecule has 1 aliphatic rings. The first-order valence-electron chi connectivity index (χ1n) is 12.5. The zero-order valence-corrected chi connectivity index (χ0v) is 19.9. The van der Waals surface area contributed by atoms with Gasteiger partial charge in [0.25, 0.3) is 0 Å². The molecule has 0 atom stereocenters. The lowest BCUT2D eigenvalue weighted by atomic mass is 9.84. The van der Waals surface area contributed by atoms with Crippen molar-refractivity contribution in [1.82, 2.24) is 5.32 Å². The van der Waals surface area contributed by atoms with E-state index < -0.39 is 0 Å². The Balaban J connectivity index is 1.58. The van der Waals surface area contributed by atoms with Crippen LogP contribution in [-0.4, -0.2) is 6.54 Å². The zero-order valence-electron chi connectivity index (χ0n) is 19.9. The summed E-state index contributed by atoms with van der Waals surface area (Å²) < 4.78 is 0. The smallest absolute Gasteiger partial charge is 0.0334 e. The van der Waals surface area contributed by atoms with Crippen LogP contribution in [0.1, 0.15) is 5.56 Å². The third-order valence-electron chi connectivity index (χ3n) is 7.30. The van der Waals surface area contributed by atoms with E-state index in [-0.39, 0.29) is 0 Å². The standard InChI is InChI=1S/C35H25N/c1-2-13-28-25(9-1)10-8-18-29(28)35-32-16-5-3-14-30(32)34(31-15-4-6-17-33(31)35)27-12-7-11-26(23-27)24-19-21-36-22-20-24/h1-21,23,36H,22H2. The molecule has 0 aliphatic carbocycles. The number of rotatable bonds is 3. The molecule has 0 radical (unpaired) electrons. The first kappa shape index (κ1) is 20.7. The molecule has 1 heteroatoms. The number of hydrogen-bond acceptors (Lipinski definition) is 1. The molecule has 36 heavy (non-hydrogen) atoms. The minimum atomic E-state index is 0.863. The zero-order chi connectivity index (χ0) is 23.9. The molecule has 170 valence electrons. The second kappa shape index (κ2) is 8.55. The van der Waals surface area contributed by atoms with Crippen molar-refractivity contribution in [3.63, 3.8) is 0 Å². The molecule has 1 N–H and O–H groups in total. The highest BCUT2D eigenvalue weighted by Gasteiger charge is 2.18. The molecule has 1 heterocycles. The van der Waals surface area contributed by atoms with Gasteiger partial charge in [-0.3, -0.25) is 0 Å². The Bertz CT molecular complexity index is 1780. The van der Waals surface area contributed by atoms with Gasteiger partial charge in [-0.15, -0.1) is 0 Å². The Labute approximate surface area is 211 Å². The largest absolute Gasteiger partial charge is 0.387 e.